The number of esters is 1. The Kier molecular flexibility index (Phi) is 7.07. The van der Waals surface area contributed by atoms with Crippen molar-refractivity contribution < 1.29 is 23.5 Å². The standard InChI is InChI=1S/C24H25NO6/c1-4-5-8-25-23(27)20-12-17-6-7-18(13-21(17)31-24(20)28)30-22(26)14-29-19-10-15(2)9-16(3)11-19/h6-7,9-13H,4-5,8,14H2,1-3H3,(H,25,27). The van der Waals surface area contributed by atoms with E-state index in [4.69, 9.17) is 13.9 Å². The summed E-state index contributed by atoms with van der Waals surface area (Å²) in [6.45, 7) is 6.13. The first-order chi connectivity index (χ1) is 14.9. The van der Waals surface area contributed by atoms with E-state index in [2.05, 4.69) is 5.32 Å². The van der Waals surface area contributed by atoms with Crippen LogP contribution in [-0.4, -0.2) is 25.0 Å². The van der Waals surface area contributed by atoms with Crippen molar-refractivity contribution in [3.05, 3.63) is 69.6 Å². The van der Waals surface area contributed by atoms with Crippen LogP contribution >= 0.6 is 0 Å². The van der Waals surface area contributed by atoms with Gasteiger partial charge < -0.3 is 19.2 Å². The highest BCUT2D eigenvalue weighted by atomic mass is 16.6. The number of hydrogen-bond donors (Lipinski definition) is 1. The van der Waals surface area contributed by atoms with Crippen LogP contribution < -0.4 is 20.4 Å². The zero-order valence-electron chi connectivity index (χ0n) is 17.8. The topological polar surface area (TPSA) is 94.8 Å². The van der Waals surface area contributed by atoms with Gasteiger partial charge in [-0.2, -0.15) is 0 Å². The lowest BCUT2D eigenvalue weighted by Crippen LogP contribution is -2.28. The second-order valence-electron chi connectivity index (χ2n) is 7.34. The maximum absolute atomic E-state index is 12.2. The quantitative estimate of drug-likeness (QED) is 0.255. The molecule has 1 heterocycles. The van der Waals surface area contributed by atoms with Gasteiger partial charge in [-0.05, 0) is 61.7 Å². The molecule has 1 amide bonds. The van der Waals surface area contributed by atoms with Gasteiger partial charge in [0.25, 0.3) is 5.91 Å². The molecule has 0 fully saturated rings. The van der Waals surface area contributed by atoms with Crippen LogP contribution in [0.2, 0.25) is 0 Å². The largest absolute Gasteiger partial charge is 0.482 e. The van der Waals surface area contributed by atoms with E-state index in [0.29, 0.717) is 17.7 Å². The van der Waals surface area contributed by atoms with E-state index in [0.717, 1.165) is 24.0 Å². The summed E-state index contributed by atoms with van der Waals surface area (Å²) in [6.07, 6.45) is 1.76. The fourth-order valence-corrected chi connectivity index (χ4v) is 3.11. The molecule has 0 spiro atoms. The van der Waals surface area contributed by atoms with Crippen molar-refractivity contribution in [3.8, 4) is 11.5 Å². The lowest BCUT2D eigenvalue weighted by Gasteiger charge is -2.09. The first-order valence-corrected chi connectivity index (χ1v) is 10.1. The summed E-state index contributed by atoms with van der Waals surface area (Å²) in [7, 11) is 0. The van der Waals surface area contributed by atoms with Gasteiger partial charge in [-0.25, -0.2) is 9.59 Å². The third kappa shape index (κ3) is 5.94. The third-order valence-electron chi connectivity index (χ3n) is 4.55. The molecule has 0 unspecified atom stereocenters. The van der Waals surface area contributed by atoms with Crippen molar-refractivity contribution in [3.63, 3.8) is 0 Å². The predicted molar refractivity (Wildman–Crippen MR) is 117 cm³/mol. The Morgan fingerprint density at radius 1 is 1.00 bits per heavy atom. The van der Waals surface area contributed by atoms with Gasteiger partial charge in [-0.1, -0.05) is 19.4 Å². The Morgan fingerprint density at radius 3 is 2.45 bits per heavy atom. The van der Waals surface area contributed by atoms with Crippen molar-refractivity contribution in [2.45, 2.75) is 33.6 Å². The number of benzene rings is 2. The highest BCUT2D eigenvalue weighted by molar-refractivity contribution is 5.96. The molecule has 0 aliphatic heterocycles. The number of rotatable bonds is 8. The Bertz CT molecular complexity index is 1140. The Balaban J connectivity index is 1.67. The summed E-state index contributed by atoms with van der Waals surface area (Å²) >= 11 is 0. The van der Waals surface area contributed by atoms with Gasteiger partial charge in [0, 0.05) is 18.0 Å². The van der Waals surface area contributed by atoms with E-state index in [9.17, 15) is 14.4 Å². The van der Waals surface area contributed by atoms with E-state index in [1.807, 2.05) is 39.0 Å². The van der Waals surface area contributed by atoms with Crippen LogP contribution in [0.4, 0.5) is 0 Å². The van der Waals surface area contributed by atoms with Gasteiger partial charge in [0.15, 0.2) is 6.61 Å². The molecule has 3 aromatic rings. The van der Waals surface area contributed by atoms with Crippen molar-refractivity contribution in [2.75, 3.05) is 13.2 Å². The maximum Gasteiger partial charge on any atom is 0.349 e. The van der Waals surface area contributed by atoms with Crippen LogP contribution in [0.25, 0.3) is 11.0 Å². The van der Waals surface area contributed by atoms with E-state index in [1.165, 1.54) is 12.1 Å². The van der Waals surface area contributed by atoms with Crippen molar-refractivity contribution >= 4 is 22.8 Å². The fraction of sp³-hybridized carbons (Fsp3) is 0.292. The average molecular weight is 423 g/mol. The first kappa shape index (κ1) is 22.1. The second-order valence-corrected chi connectivity index (χ2v) is 7.34. The molecule has 7 heteroatoms. The van der Waals surface area contributed by atoms with Gasteiger partial charge in [-0.3, -0.25) is 4.79 Å². The molecule has 0 radical (unpaired) electrons. The molecule has 2 aromatic carbocycles. The molecular weight excluding hydrogens is 398 g/mol. The maximum atomic E-state index is 12.2. The summed E-state index contributed by atoms with van der Waals surface area (Å²) in [5, 5.41) is 3.24. The van der Waals surface area contributed by atoms with Gasteiger partial charge in [0.2, 0.25) is 0 Å². The Hall–Kier alpha value is -3.61. The SMILES string of the molecule is CCCCNC(=O)c1cc2ccc(OC(=O)COc3cc(C)cc(C)c3)cc2oc1=O. The smallest absolute Gasteiger partial charge is 0.349 e. The number of ether oxygens (including phenoxy) is 2. The normalized spacial score (nSPS) is 10.7. The van der Waals surface area contributed by atoms with Gasteiger partial charge in [0.1, 0.15) is 22.6 Å². The van der Waals surface area contributed by atoms with E-state index in [1.54, 1.807) is 12.1 Å². The number of amides is 1. The number of hydrogen-bond acceptors (Lipinski definition) is 6. The number of aryl methyl sites for hydroxylation is 2. The van der Waals surface area contributed by atoms with Gasteiger partial charge in [-0.15, -0.1) is 0 Å². The number of carbonyl (C=O) groups excluding carboxylic acids is 2. The Morgan fingerprint density at radius 2 is 1.74 bits per heavy atom. The monoisotopic (exact) mass is 423 g/mol. The number of nitrogens with one attached hydrogen (secondary N) is 1. The van der Waals surface area contributed by atoms with Crippen LogP contribution in [0.5, 0.6) is 11.5 Å². The van der Waals surface area contributed by atoms with Crippen molar-refractivity contribution in [1.82, 2.24) is 5.32 Å². The average Bonchev–Trinajstić information content (AvgIpc) is 2.71. The fourth-order valence-electron chi connectivity index (χ4n) is 3.11. The van der Waals surface area contributed by atoms with E-state index >= 15 is 0 Å². The molecule has 0 saturated heterocycles. The highest BCUT2D eigenvalue weighted by Crippen LogP contribution is 2.21. The third-order valence-corrected chi connectivity index (χ3v) is 4.55. The lowest BCUT2D eigenvalue weighted by molar-refractivity contribution is -0.136. The van der Waals surface area contributed by atoms with E-state index < -0.39 is 17.5 Å². The predicted octanol–water partition coefficient (Wildman–Crippen LogP) is 3.92. The molecule has 0 bridgehead atoms. The van der Waals surface area contributed by atoms with E-state index in [-0.39, 0.29) is 23.5 Å². The molecule has 1 aromatic heterocycles. The number of unbranched alkanes of at least 4 members (excludes halogenated alkanes) is 1. The number of carbonyl (C=O) groups is 2. The molecular formula is C24H25NO6. The van der Waals surface area contributed by atoms with Crippen LogP contribution in [0, 0.1) is 13.8 Å². The van der Waals surface area contributed by atoms with Crippen molar-refractivity contribution in [2.24, 2.45) is 0 Å². The summed E-state index contributed by atoms with van der Waals surface area (Å²) < 4.78 is 16.0. The van der Waals surface area contributed by atoms with Gasteiger partial charge in [0.05, 0.1) is 0 Å². The summed E-state index contributed by atoms with van der Waals surface area (Å²) in [6, 6.07) is 11.8. The Labute approximate surface area is 180 Å². The summed E-state index contributed by atoms with van der Waals surface area (Å²) in [4.78, 5) is 36.5. The minimum atomic E-state index is -0.747. The lowest BCUT2D eigenvalue weighted by atomic mass is 10.1. The zero-order chi connectivity index (χ0) is 22.4. The summed E-state index contributed by atoms with van der Waals surface area (Å²) in [5.41, 5.74) is 1.48. The molecule has 0 atom stereocenters. The molecule has 162 valence electrons. The second kappa shape index (κ2) is 9.93. The number of fused-ring (bicyclic) bond motifs is 1. The van der Waals surface area contributed by atoms with Crippen LogP contribution in [0.15, 0.2) is 51.7 Å². The van der Waals surface area contributed by atoms with Crippen LogP contribution in [-0.2, 0) is 4.79 Å². The molecule has 31 heavy (non-hydrogen) atoms. The van der Waals surface area contributed by atoms with Gasteiger partial charge >= 0.3 is 11.6 Å². The zero-order valence-corrected chi connectivity index (χ0v) is 17.8. The molecule has 0 aliphatic carbocycles. The first-order valence-electron chi connectivity index (χ1n) is 10.1. The summed E-state index contributed by atoms with van der Waals surface area (Å²) in [5.74, 6) is -0.260. The van der Waals surface area contributed by atoms with Crippen LogP contribution in [0.1, 0.15) is 41.3 Å². The molecule has 3 rings (SSSR count). The van der Waals surface area contributed by atoms with Crippen molar-refractivity contribution in [1.29, 1.82) is 0 Å². The molecule has 1 N–H and O–H groups in total. The molecule has 0 aliphatic rings. The van der Waals surface area contributed by atoms with Crippen LogP contribution in [0.3, 0.4) is 0 Å². The molecule has 0 saturated carbocycles. The molecule has 7 nitrogen and oxygen atoms in total. The minimum absolute atomic E-state index is 0.0600. The highest BCUT2D eigenvalue weighted by Gasteiger charge is 2.14. The minimum Gasteiger partial charge on any atom is -0.482 e.